The number of aliphatic hydroxyl groups is 1. The summed E-state index contributed by atoms with van der Waals surface area (Å²) < 4.78 is 22.4. The SMILES string of the molecule is CS(=O)(=O)CCC(CN)(CO)c1ccccc1. The van der Waals surface area contributed by atoms with Crippen molar-refractivity contribution in [2.45, 2.75) is 11.8 Å². The maximum Gasteiger partial charge on any atom is 0.147 e. The summed E-state index contributed by atoms with van der Waals surface area (Å²) in [6.45, 7) is 0.0755. The van der Waals surface area contributed by atoms with Gasteiger partial charge >= 0.3 is 0 Å². The fourth-order valence-corrected chi connectivity index (χ4v) is 2.53. The van der Waals surface area contributed by atoms with Crippen molar-refractivity contribution in [3.05, 3.63) is 35.9 Å². The lowest BCUT2D eigenvalue weighted by atomic mass is 9.79. The Morgan fingerprint density at radius 3 is 2.29 bits per heavy atom. The standard InChI is InChI=1S/C12H19NO3S/c1-17(15,16)8-7-12(9-13,10-14)11-5-3-2-4-6-11/h2-6,14H,7-10,13H2,1H3. The summed E-state index contributed by atoms with van der Waals surface area (Å²) in [7, 11) is -3.05. The van der Waals surface area contributed by atoms with Crippen molar-refractivity contribution in [3.63, 3.8) is 0 Å². The predicted molar refractivity (Wildman–Crippen MR) is 68.6 cm³/mol. The summed E-state index contributed by atoms with van der Waals surface area (Å²) in [5, 5.41) is 9.55. The van der Waals surface area contributed by atoms with Gasteiger partial charge in [-0.2, -0.15) is 0 Å². The lowest BCUT2D eigenvalue weighted by molar-refractivity contribution is 0.193. The molecule has 96 valence electrons. The van der Waals surface area contributed by atoms with Gasteiger partial charge in [-0.1, -0.05) is 30.3 Å². The van der Waals surface area contributed by atoms with E-state index in [2.05, 4.69) is 0 Å². The number of rotatable bonds is 6. The molecule has 0 saturated carbocycles. The van der Waals surface area contributed by atoms with Crippen molar-refractivity contribution in [2.24, 2.45) is 5.73 Å². The number of aliphatic hydroxyl groups excluding tert-OH is 1. The van der Waals surface area contributed by atoms with Crippen LogP contribution in [0, 0.1) is 0 Å². The molecule has 3 N–H and O–H groups in total. The molecule has 0 spiro atoms. The minimum atomic E-state index is -3.05. The molecule has 1 atom stereocenters. The first-order valence-electron chi connectivity index (χ1n) is 5.48. The van der Waals surface area contributed by atoms with Gasteiger partial charge < -0.3 is 10.8 Å². The van der Waals surface area contributed by atoms with E-state index in [1.54, 1.807) is 0 Å². The van der Waals surface area contributed by atoms with Gasteiger partial charge in [0.25, 0.3) is 0 Å². The van der Waals surface area contributed by atoms with E-state index in [1.807, 2.05) is 30.3 Å². The zero-order valence-corrected chi connectivity index (χ0v) is 10.8. The van der Waals surface area contributed by atoms with Gasteiger partial charge in [-0.15, -0.1) is 0 Å². The fraction of sp³-hybridized carbons (Fsp3) is 0.500. The average molecular weight is 257 g/mol. The van der Waals surface area contributed by atoms with E-state index in [-0.39, 0.29) is 18.9 Å². The number of sulfone groups is 1. The van der Waals surface area contributed by atoms with Crippen LogP contribution in [0.3, 0.4) is 0 Å². The van der Waals surface area contributed by atoms with Gasteiger partial charge in [0, 0.05) is 18.2 Å². The Morgan fingerprint density at radius 1 is 1.29 bits per heavy atom. The zero-order chi connectivity index (χ0) is 12.9. The highest BCUT2D eigenvalue weighted by Gasteiger charge is 2.30. The molecule has 0 aromatic heterocycles. The van der Waals surface area contributed by atoms with Crippen molar-refractivity contribution < 1.29 is 13.5 Å². The van der Waals surface area contributed by atoms with E-state index in [4.69, 9.17) is 5.73 Å². The van der Waals surface area contributed by atoms with E-state index in [0.717, 1.165) is 5.56 Å². The maximum absolute atomic E-state index is 11.2. The van der Waals surface area contributed by atoms with Crippen LogP contribution in [-0.2, 0) is 15.3 Å². The van der Waals surface area contributed by atoms with Gasteiger partial charge in [-0.25, -0.2) is 8.42 Å². The van der Waals surface area contributed by atoms with Crippen molar-refractivity contribution in [1.29, 1.82) is 0 Å². The monoisotopic (exact) mass is 257 g/mol. The second-order valence-corrected chi connectivity index (χ2v) is 6.65. The lowest BCUT2D eigenvalue weighted by Crippen LogP contribution is -2.40. The molecule has 0 aliphatic heterocycles. The molecule has 4 nitrogen and oxygen atoms in total. The van der Waals surface area contributed by atoms with Crippen LogP contribution in [0.25, 0.3) is 0 Å². The first kappa shape index (κ1) is 14.2. The van der Waals surface area contributed by atoms with Gasteiger partial charge in [-0.05, 0) is 12.0 Å². The number of hydrogen-bond acceptors (Lipinski definition) is 4. The second kappa shape index (κ2) is 5.62. The third-order valence-corrected chi connectivity index (χ3v) is 3.98. The highest BCUT2D eigenvalue weighted by molar-refractivity contribution is 7.90. The Hall–Kier alpha value is -0.910. The molecular formula is C12H19NO3S. The minimum Gasteiger partial charge on any atom is -0.395 e. The quantitative estimate of drug-likeness (QED) is 0.768. The predicted octanol–water partition coefficient (Wildman–Crippen LogP) is 0.310. The van der Waals surface area contributed by atoms with Gasteiger partial charge in [-0.3, -0.25) is 0 Å². The summed E-state index contributed by atoms with van der Waals surface area (Å²) in [4.78, 5) is 0. The van der Waals surface area contributed by atoms with Crippen LogP contribution in [0.5, 0.6) is 0 Å². The molecule has 0 heterocycles. The van der Waals surface area contributed by atoms with Crippen LogP contribution < -0.4 is 5.73 Å². The van der Waals surface area contributed by atoms with Crippen LogP contribution >= 0.6 is 0 Å². The molecule has 0 aliphatic rings. The first-order chi connectivity index (χ1) is 7.93. The molecule has 1 aromatic rings. The maximum atomic E-state index is 11.2. The molecule has 0 saturated heterocycles. The molecule has 0 radical (unpaired) electrons. The van der Waals surface area contributed by atoms with E-state index >= 15 is 0 Å². The number of nitrogens with two attached hydrogens (primary N) is 1. The molecule has 17 heavy (non-hydrogen) atoms. The molecule has 1 unspecified atom stereocenters. The van der Waals surface area contributed by atoms with Crippen LogP contribution in [-0.4, -0.2) is 38.7 Å². The molecule has 1 aromatic carbocycles. The van der Waals surface area contributed by atoms with Crippen LogP contribution in [0.1, 0.15) is 12.0 Å². The molecule has 0 amide bonds. The lowest BCUT2D eigenvalue weighted by Gasteiger charge is -2.30. The molecule has 5 heteroatoms. The molecule has 1 rings (SSSR count). The Labute approximate surface area is 102 Å². The van der Waals surface area contributed by atoms with Gasteiger partial charge in [0.1, 0.15) is 9.84 Å². The second-order valence-electron chi connectivity index (χ2n) is 4.39. The summed E-state index contributed by atoms with van der Waals surface area (Å²) in [6.07, 6.45) is 1.53. The van der Waals surface area contributed by atoms with E-state index in [9.17, 15) is 13.5 Å². The summed E-state index contributed by atoms with van der Waals surface area (Å²) >= 11 is 0. The number of hydrogen-bond donors (Lipinski definition) is 2. The van der Waals surface area contributed by atoms with Crippen molar-refractivity contribution in [3.8, 4) is 0 Å². The van der Waals surface area contributed by atoms with Crippen molar-refractivity contribution >= 4 is 9.84 Å². The fourth-order valence-electron chi connectivity index (χ4n) is 1.77. The average Bonchev–Trinajstić information content (AvgIpc) is 2.31. The van der Waals surface area contributed by atoms with Crippen LogP contribution in [0.2, 0.25) is 0 Å². The van der Waals surface area contributed by atoms with E-state index < -0.39 is 15.3 Å². The van der Waals surface area contributed by atoms with Gasteiger partial charge in [0.2, 0.25) is 0 Å². The third-order valence-electron chi connectivity index (χ3n) is 3.03. The Kier molecular flexibility index (Phi) is 4.68. The molecule has 0 aliphatic carbocycles. The smallest absolute Gasteiger partial charge is 0.147 e. The highest BCUT2D eigenvalue weighted by atomic mass is 32.2. The first-order valence-corrected chi connectivity index (χ1v) is 7.54. The third kappa shape index (κ3) is 3.80. The van der Waals surface area contributed by atoms with E-state index in [0.29, 0.717) is 6.42 Å². The molecule has 0 bridgehead atoms. The Morgan fingerprint density at radius 2 is 1.88 bits per heavy atom. The topological polar surface area (TPSA) is 80.4 Å². The normalized spacial score (nSPS) is 15.5. The van der Waals surface area contributed by atoms with Gasteiger partial charge in [0.05, 0.1) is 12.4 Å². The van der Waals surface area contributed by atoms with Crippen LogP contribution in [0.15, 0.2) is 30.3 Å². The van der Waals surface area contributed by atoms with E-state index in [1.165, 1.54) is 6.26 Å². The van der Waals surface area contributed by atoms with Crippen molar-refractivity contribution in [2.75, 3.05) is 25.2 Å². The molecular weight excluding hydrogens is 238 g/mol. The largest absolute Gasteiger partial charge is 0.395 e. The Bertz CT molecular complexity index is 438. The zero-order valence-electron chi connectivity index (χ0n) is 9.96. The van der Waals surface area contributed by atoms with Crippen molar-refractivity contribution in [1.82, 2.24) is 0 Å². The van der Waals surface area contributed by atoms with Crippen LogP contribution in [0.4, 0.5) is 0 Å². The minimum absolute atomic E-state index is 0.0274. The summed E-state index contributed by atoms with van der Waals surface area (Å²) in [6, 6.07) is 9.32. The van der Waals surface area contributed by atoms with Gasteiger partial charge in [0.15, 0.2) is 0 Å². The molecule has 0 fully saturated rings. The highest BCUT2D eigenvalue weighted by Crippen LogP contribution is 2.27. The summed E-state index contributed by atoms with van der Waals surface area (Å²) in [5.41, 5.74) is 5.95. The number of benzene rings is 1. The summed E-state index contributed by atoms with van der Waals surface area (Å²) in [5.74, 6) is 0.0274. The Balaban J connectivity index is 2.98.